The van der Waals surface area contributed by atoms with E-state index in [0.717, 1.165) is 4.90 Å². The molecule has 1 aliphatic rings. The van der Waals surface area contributed by atoms with Gasteiger partial charge in [-0.1, -0.05) is 12.1 Å². The summed E-state index contributed by atoms with van der Waals surface area (Å²) in [6.07, 6.45) is 1.39. The minimum absolute atomic E-state index is 0.0517. The van der Waals surface area contributed by atoms with Crippen molar-refractivity contribution in [2.45, 2.75) is 0 Å². The van der Waals surface area contributed by atoms with E-state index in [9.17, 15) is 14.4 Å². The van der Waals surface area contributed by atoms with Crippen LogP contribution in [0, 0.1) is 0 Å². The Bertz CT molecular complexity index is 649. The maximum atomic E-state index is 11.9. The highest BCUT2D eigenvalue weighted by atomic mass is 32.1. The summed E-state index contributed by atoms with van der Waals surface area (Å²) in [5.41, 5.74) is 0.628. The number of likely N-dealkylation sites (N-methyl/N-ethyl adjacent to an activating group) is 1. The van der Waals surface area contributed by atoms with Crippen LogP contribution >= 0.6 is 12.2 Å². The van der Waals surface area contributed by atoms with Crippen LogP contribution in [0.25, 0.3) is 6.08 Å². The number of carbonyl (C=O) groups is 3. The molecule has 1 aromatic rings. The van der Waals surface area contributed by atoms with Crippen molar-refractivity contribution >= 4 is 41.2 Å². The fourth-order valence-electron chi connectivity index (χ4n) is 1.63. The fourth-order valence-corrected chi connectivity index (χ4v) is 1.81. The van der Waals surface area contributed by atoms with E-state index in [0.29, 0.717) is 5.56 Å². The Labute approximate surface area is 119 Å². The third-order valence-electron chi connectivity index (χ3n) is 2.77. The van der Waals surface area contributed by atoms with Crippen LogP contribution in [0.15, 0.2) is 29.8 Å². The second-order valence-electron chi connectivity index (χ2n) is 4.11. The van der Waals surface area contributed by atoms with Crippen molar-refractivity contribution in [1.29, 1.82) is 0 Å². The van der Waals surface area contributed by atoms with Gasteiger partial charge in [0.05, 0.1) is 5.56 Å². The van der Waals surface area contributed by atoms with Gasteiger partial charge in [-0.25, -0.2) is 4.79 Å². The molecule has 2 N–H and O–H groups in total. The summed E-state index contributed by atoms with van der Waals surface area (Å²) in [6.45, 7) is 0. The van der Waals surface area contributed by atoms with E-state index in [1.807, 2.05) is 0 Å². The molecule has 1 fully saturated rings. The number of hydrogen-bond donors (Lipinski definition) is 2. The standard InChI is InChI=1S/C13H10N2O4S/c1-15-11(17)9(10(16)14-13(15)20)6-7-2-4-8(5-3-7)12(18)19/h2-6H,1H3,(H,18,19)(H,14,16,20)/b9-6+. The second-order valence-corrected chi connectivity index (χ2v) is 4.50. The molecule has 1 aliphatic heterocycles. The minimum Gasteiger partial charge on any atom is -0.478 e. The van der Waals surface area contributed by atoms with E-state index in [1.165, 1.54) is 37.4 Å². The third-order valence-corrected chi connectivity index (χ3v) is 3.15. The van der Waals surface area contributed by atoms with Crippen LogP contribution in [-0.4, -0.2) is 40.0 Å². The van der Waals surface area contributed by atoms with E-state index >= 15 is 0 Å². The highest BCUT2D eigenvalue weighted by Crippen LogP contribution is 2.14. The van der Waals surface area contributed by atoms with Gasteiger partial charge in [-0.2, -0.15) is 0 Å². The Kier molecular flexibility index (Phi) is 3.62. The summed E-state index contributed by atoms with van der Waals surface area (Å²) in [5, 5.41) is 11.2. The molecule has 20 heavy (non-hydrogen) atoms. The van der Waals surface area contributed by atoms with Crippen molar-refractivity contribution < 1.29 is 19.5 Å². The minimum atomic E-state index is -1.04. The van der Waals surface area contributed by atoms with Crippen molar-refractivity contribution in [2.75, 3.05) is 7.05 Å². The van der Waals surface area contributed by atoms with Gasteiger partial charge in [0.1, 0.15) is 5.57 Å². The summed E-state index contributed by atoms with van der Waals surface area (Å²) in [6, 6.07) is 5.83. The monoisotopic (exact) mass is 290 g/mol. The van der Waals surface area contributed by atoms with Crippen LogP contribution in [0.2, 0.25) is 0 Å². The second kappa shape index (κ2) is 5.22. The molecule has 7 heteroatoms. The molecule has 6 nitrogen and oxygen atoms in total. The number of aromatic carboxylic acids is 1. The van der Waals surface area contributed by atoms with Crippen molar-refractivity contribution in [3.63, 3.8) is 0 Å². The molecular formula is C13H10N2O4S. The molecule has 0 aromatic heterocycles. The molecular weight excluding hydrogens is 280 g/mol. The zero-order valence-electron chi connectivity index (χ0n) is 10.4. The number of nitrogens with zero attached hydrogens (tertiary/aromatic N) is 1. The lowest BCUT2D eigenvalue weighted by molar-refractivity contribution is -0.128. The summed E-state index contributed by atoms with van der Waals surface area (Å²) in [5.74, 6) is -2.11. The largest absolute Gasteiger partial charge is 0.478 e. The number of rotatable bonds is 2. The number of nitrogens with one attached hydrogen (secondary N) is 1. The molecule has 0 atom stereocenters. The predicted octanol–water partition coefficient (Wildman–Crippen LogP) is 0.641. The third kappa shape index (κ3) is 2.57. The van der Waals surface area contributed by atoms with Gasteiger partial charge in [0.15, 0.2) is 5.11 Å². The van der Waals surface area contributed by atoms with Gasteiger partial charge in [0.25, 0.3) is 11.8 Å². The van der Waals surface area contributed by atoms with E-state index in [1.54, 1.807) is 0 Å². The van der Waals surface area contributed by atoms with E-state index < -0.39 is 17.8 Å². The van der Waals surface area contributed by atoms with E-state index in [4.69, 9.17) is 17.3 Å². The first-order chi connectivity index (χ1) is 9.40. The average molecular weight is 290 g/mol. The Morgan fingerprint density at radius 3 is 2.45 bits per heavy atom. The van der Waals surface area contributed by atoms with Gasteiger partial charge < -0.3 is 5.11 Å². The van der Waals surface area contributed by atoms with E-state index in [2.05, 4.69) is 5.32 Å². The number of hydrogen-bond acceptors (Lipinski definition) is 4. The van der Waals surface area contributed by atoms with Gasteiger partial charge in [-0.15, -0.1) is 0 Å². The van der Waals surface area contributed by atoms with Crippen LogP contribution in [0.4, 0.5) is 0 Å². The lowest BCUT2D eigenvalue weighted by atomic mass is 10.1. The smallest absolute Gasteiger partial charge is 0.335 e. The molecule has 0 unspecified atom stereocenters. The topological polar surface area (TPSA) is 86.7 Å². The lowest BCUT2D eigenvalue weighted by Crippen LogP contribution is -2.52. The maximum Gasteiger partial charge on any atom is 0.335 e. The molecule has 1 heterocycles. The Morgan fingerprint density at radius 1 is 1.30 bits per heavy atom. The Hall–Kier alpha value is -2.54. The maximum absolute atomic E-state index is 11.9. The van der Waals surface area contributed by atoms with Crippen molar-refractivity contribution in [3.05, 3.63) is 41.0 Å². The highest BCUT2D eigenvalue weighted by Gasteiger charge is 2.30. The van der Waals surface area contributed by atoms with Crippen molar-refractivity contribution in [3.8, 4) is 0 Å². The highest BCUT2D eigenvalue weighted by molar-refractivity contribution is 7.80. The summed E-state index contributed by atoms with van der Waals surface area (Å²) in [4.78, 5) is 35.6. The fraction of sp³-hybridized carbons (Fsp3) is 0.0769. The number of carbonyl (C=O) groups excluding carboxylic acids is 2. The molecule has 0 spiro atoms. The first kappa shape index (κ1) is 13.9. The predicted molar refractivity (Wildman–Crippen MR) is 74.9 cm³/mol. The van der Waals surface area contributed by atoms with Crippen molar-refractivity contribution in [2.24, 2.45) is 0 Å². The number of carboxylic acids is 1. The van der Waals surface area contributed by atoms with Gasteiger partial charge in [0.2, 0.25) is 0 Å². The molecule has 0 bridgehead atoms. The zero-order valence-corrected chi connectivity index (χ0v) is 11.2. The summed E-state index contributed by atoms with van der Waals surface area (Å²) in [7, 11) is 1.46. The number of thiocarbonyl (C=S) groups is 1. The summed E-state index contributed by atoms with van der Waals surface area (Å²) < 4.78 is 0. The molecule has 1 aromatic carbocycles. The molecule has 2 amide bonds. The average Bonchev–Trinajstić information content (AvgIpc) is 2.42. The normalized spacial score (nSPS) is 17.4. The van der Waals surface area contributed by atoms with Crippen LogP contribution in [-0.2, 0) is 9.59 Å². The van der Waals surface area contributed by atoms with Crippen LogP contribution in [0.5, 0.6) is 0 Å². The first-order valence-corrected chi connectivity index (χ1v) is 5.99. The molecule has 102 valence electrons. The molecule has 0 radical (unpaired) electrons. The molecule has 2 rings (SSSR count). The van der Waals surface area contributed by atoms with Crippen LogP contribution in [0.3, 0.4) is 0 Å². The van der Waals surface area contributed by atoms with Crippen LogP contribution < -0.4 is 5.32 Å². The zero-order chi connectivity index (χ0) is 14.9. The molecule has 0 aliphatic carbocycles. The van der Waals surface area contributed by atoms with E-state index in [-0.39, 0.29) is 16.2 Å². The van der Waals surface area contributed by atoms with Crippen molar-refractivity contribution in [1.82, 2.24) is 10.2 Å². The van der Waals surface area contributed by atoms with Gasteiger partial charge >= 0.3 is 5.97 Å². The Morgan fingerprint density at radius 2 is 1.90 bits per heavy atom. The number of amides is 2. The first-order valence-electron chi connectivity index (χ1n) is 5.58. The molecule has 0 saturated carbocycles. The quantitative estimate of drug-likeness (QED) is 0.474. The number of benzene rings is 1. The summed E-state index contributed by atoms with van der Waals surface area (Å²) >= 11 is 4.83. The Balaban J connectivity index is 2.34. The number of carboxylic acid groups (broad SMARTS) is 1. The van der Waals surface area contributed by atoms with Gasteiger partial charge in [-0.3, -0.25) is 19.8 Å². The van der Waals surface area contributed by atoms with Gasteiger partial charge in [-0.05, 0) is 36.0 Å². The van der Waals surface area contributed by atoms with Gasteiger partial charge in [0, 0.05) is 7.05 Å². The molecule has 1 saturated heterocycles. The van der Waals surface area contributed by atoms with Crippen LogP contribution in [0.1, 0.15) is 15.9 Å². The lowest BCUT2D eigenvalue weighted by Gasteiger charge is -2.25. The SMILES string of the molecule is CN1C(=O)/C(=C/c2ccc(C(=O)O)cc2)C(=O)NC1=S.